The van der Waals surface area contributed by atoms with Gasteiger partial charge in [0.1, 0.15) is 11.5 Å². The number of carbonyl (C=O) groups excluding carboxylic acids is 1. The molecule has 0 spiro atoms. The Bertz CT molecular complexity index is 777. The summed E-state index contributed by atoms with van der Waals surface area (Å²) in [5.74, 6) is -2.10. The minimum atomic E-state index is -4.75. The largest absolute Gasteiger partial charge is 0.508 e. The van der Waals surface area contributed by atoms with Gasteiger partial charge in [-0.3, -0.25) is 4.79 Å². The lowest BCUT2D eigenvalue weighted by Gasteiger charge is -2.22. The molecule has 1 aromatic carbocycles. The summed E-state index contributed by atoms with van der Waals surface area (Å²) in [6.45, 7) is 1.80. The molecule has 1 aliphatic rings. The highest BCUT2D eigenvalue weighted by Gasteiger charge is 2.31. The fraction of sp³-hybridized carbons (Fsp3) is 0.250. The number of nitrogens with zero attached hydrogens (tertiary/aromatic N) is 1. The Morgan fingerprint density at radius 3 is 2.62 bits per heavy atom. The molecule has 0 aromatic heterocycles. The molecule has 0 bridgehead atoms. The summed E-state index contributed by atoms with van der Waals surface area (Å²) >= 11 is 0. The molecular weight excluding hydrogens is 333 g/mol. The highest BCUT2D eigenvalue weighted by Crippen LogP contribution is 2.39. The van der Waals surface area contributed by atoms with Crippen molar-refractivity contribution in [1.29, 1.82) is 0 Å². The standard InChI is InChI=1S/C16H18NO6P/c1-2-13(10-4-3-5-11(18)8-10)16(20)14-7-6-12(19)9-15(14)17-24(21,22)23/h3-9,13-14,18-19H,2H2,1H3,(H2,21,22,23). The third-order valence-corrected chi connectivity index (χ3v) is 4.14. The first-order valence-electron chi connectivity index (χ1n) is 7.28. The van der Waals surface area contributed by atoms with E-state index in [0.29, 0.717) is 12.0 Å². The number of phenols is 1. The number of aliphatic hydroxyl groups excluding tert-OH is 1. The first-order valence-corrected chi connectivity index (χ1v) is 8.85. The maximum atomic E-state index is 12.9. The van der Waals surface area contributed by atoms with E-state index in [1.165, 1.54) is 24.3 Å². The smallest absolute Gasteiger partial charge is 0.448 e. The zero-order valence-electron chi connectivity index (χ0n) is 12.9. The van der Waals surface area contributed by atoms with Crippen LogP contribution in [0.3, 0.4) is 0 Å². The first-order chi connectivity index (χ1) is 11.2. The van der Waals surface area contributed by atoms with Crippen LogP contribution >= 0.6 is 7.75 Å². The lowest BCUT2D eigenvalue weighted by atomic mass is 9.82. The Kier molecular flexibility index (Phi) is 5.39. The van der Waals surface area contributed by atoms with Crippen LogP contribution < -0.4 is 0 Å². The Morgan fingerprint density at radius 1 is 1.33 bits per heavy atom. The number of Topliss-reactive ketones (excluding diaryl/α,β-unsaturated/α-hetero) is 1. The summed E-state index contributed by atoms with van der Waals surface area (Å²) in [5, 5.41) is 19.1. The molecule has 24 heavy (non-hydrogen) atoms. The highest BCUT2D eigenvalue weighted by atomic mass is 31.2. The van der Waals surface area contributed by atoms with Gasteiger partial charge in [0, 0.05) is 12.0 Å². The molecule has 1 aromatic rings. The van der Waals surface area contributed by atoms with Crippen molar-refractivity contribution in [3.8, 4) is 5.75 Å². The van der Waals surface area contributed by atoms with Gasteiger partial charge in [-0.15, -0.1) is 0 Å². The van der Waals surface area contributed by atoms with Crippen molar-refractivity contribution in [2.24, 2.45) is 10.7 Å². The highest BCUT2D eigenvalue weighted by molar-refractivity contribution is 7.50. The number of allylic oxidation sites excluding steroid dienone is 3. The second kappa shape index (κ2) is 7.13. The second-order valence-corrected chi connectivity index (χ2v) is 6.63. The lowest BCUT2D eigenvalue weighted by molar-refractivity contribution is -0.121. The molecule has 7 nitrogen and oxygen atoms in total. The molecule has 1 aliphatic carbocycles. The molecular formula is C16H18NO6P. The molecule has 128 valence electrons. The molecule has 2 rings (SSSR count). The molecule has 0 saturated carbocycles. The van der Waals surface area contributed by atoms with Crippen LogP contribution in [-0.4, -0.2) is 31.5 Å². The Morgan fingerprint density at radius 2 is 2.04 bits per heavy atom. The number of phenolic OH excluding ortho intramolecular Hbond substituents is 1. The fourth-order valence-corrected chi connectivity index (χ4v) is 3.11. The van der Waals surface area contributed by atoms with Gasteiger partial charge in [-0.2, -0.15) is 4.76 Å². The zero-order valence-corrected chi connectivity index (χ0v) is 13.8. The van der Waals surface area contributed by atoms with Crippen LogP contribution in [0.4, 0.5) is 0 Å². The van der Waals surface area contributed by atoms with Crippen molar-refractivity contribution in [3.63, 3.8) is 0 Å². The van der Waals surface area contributed by atoms with Crippen molar-refractivity contribution in [1.82, 2.24) is 0 Å². The van der Waals surface area contributed by atoms with Gasteiger partial charge < -0.3 is 20.0 Å². The third kappa shape index (κ3) is 4.41. The molecule has 0 saturated heterocycles. The minimum absolute atomic E-state index is 0.0274. The number of rotatable bonds is 5. The maximum absolute atomic E-state index is 12.9. The fourth-order valence-electron chi connectivity index (χ4n) is 2.62. The van der Waals surface area contributed by atoms with Crippen LogP contribution in [0.15, 0.2) is 53.0 Å². The van der Waals surface area contributed by atoms with Crippen molar-refractivity contribution in [2.45, 2.75) is 19.3 Å². The summed E-state index contributed by atoms with van der Waals surface area (Å²) in [5.41, 5.74) is 0.414. The van der Waals surface area contributed by atoms with Crippen molar-refractivity contribution < 1.29 is 29.4 Å². The van der Waals surface area contributed by atoms with Crippen molar-refractivity contribution >= 4 is 19.2 Å². The first kappa shape index (κ1) is 18.1. The van der Waals surface area contributed by atoms with Crippen LogP contribution in [0.5, 0.6) is 5.75 Å². The van der Waals surface area contributed by atoms with E-state index in [4.69, 9.17) is 9.79 Å². The number of benzene rings is 1. The second-order valence-electron chi connectivity index (χ2n) is 5.40. The van der Waals surface area contributed by atoms with Crippen LogP contribution in [0.1, 0.15) is 24.8 Å². The SMILES string of the molecule is CCC(C(=O)C1C=CC(O)=CC1=NP(=O)(O)O)c1cccc(O)c1. The van der Waals surface area contributed by atoms with E-state index in [9.17, 15) is 19.6 Å². The predicted octanol–water partition coefficient (Wildman–Crippen LogP) is 2.62. The third-order valence-electron chi connectivity index (χ3n) is 3.65. The lowest BCUT2D eigenvalue weighted by Crippen LogP contribution is -2.28. The van der Waals surface area contributed by atoms with E-state index in [0.717, 1.165) is 6.08 Å². The van der Waals surface area contributed by atoms with Crippen LogP contribution in [0.2, 0.25) is 0 Å². The number of aromatic hydroxyl groups is 1. The minimum Gasteiger partial charge on any atom is -0.508 e. The number of aliphatic hydroxyl groups is 1. The van der Waals surface area contributed by atoms with Gasteiger partial charge in [0.2, 0.25) is 0 Å². The van der Waals surface area contributed by atoms with Gasteiger partial charge in [-0.25, -0.2) is 4.57 Å². The normalized spacial score (nSPS) is 20.7. The van der Waals surface area contributed by atoms with Gasteiger partial charge in [0.25, 0.3) is 0 Å². The van der Waals surface area contributed by atoms with Crippen LogP contribution in [0, 0.1) is 5.92 Å². The summed E-state index contributed by atoms with van der Waals surface area (Å²) in [6.07, 6.45) is 4.15. The Hall–Kier alpha value is -2.21. The maximum Gasteiger partial charge on any atom is 0.448 e. The molecule has 0 aliphatic heterocycles. The van der Waals surface area contributed by atoms with Crippen molar-refractivity contribution in [2.75, 3.05) is 0 Å². The Labute approximate surface area is 138 Å². The average Bonchev–Trinajstić information content (AvgIpc) is 2.46. The van der Waals surface area contributed by atoms with Crippen molar-refractivity contribution in [3.05, 3.63) is 53.8 Å². The van der Waals surface area contributed by atoms with Gasteiger partial charge in [-0.05, 0) is 30.2 Å². The van der Waals surface area contributed by atoms with Crippen LogP contribution in [0.25, 0.3) is 0 Å². The Balaban J connectivity index is 2.40. The quantitative estimate of drug-likeness (QED) is 0.604. The topological polar surface area (TPSA) is 127 Å². The zero-order chi connectivity index (χ0) is 17.9. The molecule has 0 amide bonds. The van der Waals surface area contributed by atoms with Crippen LogP contribution in [-0.2, 0) is 9.36 Å². The number of ketones is 1. The summed E-state index contributed by atoms with van der Waals surface area (Å²) < 4.78 is 14.4. The average molecular weight is 351 g/mol. The van der Waals surface area contributed by atoms with E-state index in [2.05, 4.69) is 4.76 Å². The predicted molar refractivity (Wildman–Crippen MR) is 89.0 cm³/mol. The monoisotopic (exact) mass is 351 g/mol. The van der Waals surface area contributed by atoms with Gasteiger partial charge in [0.15, 0.2) is 5.78 Å². The number of carbonyl (C=O) groups is 1. The molecule has 0 radical (unpaired) electrons. The molecule has 0 fully saturated rings. The van der Waals surface area contributed by atoms with E-state index >= 15 is 0 Å². The van der Waals surface area contributed by atoms with E-state index in [1.54, 1.807) is 19.1 Å². The van der Waals surface area contributed by atoms with Gasteiger partial charge in [0.05, 0.1) is 11.6 Å². The van der Waals surface area contributed by atoms with E-state index in [1.807, 2.05) is 0 Å². The summed E-state index contributed by atoms with van der Waals surface area (Å²) in [6, 6.07) is 6.29. The van der Waals surface area contributed by atoms with E-state index in [-0.39, 0.29) is 23.0 Å². The summed E-state index contributed by atoms with van der Waals surface area (Å²) in [4.78, 5) is 31.0. The molecule has 0 heterocycles. The molecule has 4 N–H and O–H groups in total. The molecule has 2 atom stereocenters. The van der Waals surface area contributed by atoms with Gasteiger partial charge >= 0.3 is 7.75 Å². The van der Waals surface area contributed by atoms with E-state index < -0.39 is 19.6 Å². The molecule has 2 unspecified atom stereocenters. The molecule has 8 heteroatoms. The number of hydrogen-bond acceptors (Lipinski definition) is 4. The van der Waals surface area contributed by atoms with Gasteiger partial charge in [-0.1, -0.05) is 25.1 Å². The summed E-state index contributed by atoms with van der Waals surface area (Å²) in [7, 11) is -4.75. The number of hydrogen-bond donors (Lipinski definition) is 4.